The van der Waals surface area contributed by atoms with Gasteiger partial charge >= 0.3 is 6.80 Å². The number of rotatable bonds is 9. The molecule has 5 nitrogen and oxygen atoms in total. The quantitative estimate of drug-likeness (QED) is 0.624. The molecule has 0 N–H and O–H groups in total. The fraction of sp³-hybridized carbons (Fsp3) is 0.538. The zero-order valence-corrected chi connectivity index (χ0v) is 15.2. The van der Waals surface area contributed by atoms with E-state index in [0.717, 1.165) is 6.42 Å². The minimum absolute atomic E-state index is 0.299. The van der Waals surface area contributed by atoms with Gasteiger partial charge in [0.15, 0.2) is 11.5 Å². The summed E-state index contributed by atoms with van der Waals surface area (Å²) in [6.07, 6.45) is 2.45. The monoisotopic (exact) mass is 352 g/mol. The molecule has 0 radical (unpaired) electrons. The summed E-state index contributed by atoms with van der Waals surface area (Å²) in [6.45, 7) is 0.785. The topological polar surface area (TPSA) is 61.8 Å². The Morgan fingerprint density at radius 3 is 2.52 bits per heavy atom. The number of hydrogen-bond acceptors (Lipinski definition) is 6. The van der Waals surface area contributed by atoms with Crippen LogP contribution in [0, 0.1) is 0 Å². The van der Waals surface area contributed by atoms with Gasteiger partial charge in [0.05, 0.1) is 13.7 Å². The molecule has 0 aliphatic rings. The molecule has 2 atom stereocenters. The molecule has 0 heterocycles. The van der Waals surface area contributed by atoms with Crippen LogP contribution in [0.4, 0.5) is 0 Å². The first-order valence-corrected chi connectivity index (χ1v) is 11.2. The minimum atomic E-state index is -3.28. The predicted molar refractivity (Wildman–Crippen MR) is 87.9 cm³/mol. The van der Waals surface area contributed by atoms with Crippen LogP contribution in [0.25, 0.3) is 0 Å². The summed E-state index contributed by atoms with van der Waals surface area (Å²) in [6, 6.07) is 4.88. The number of methoxy groups -OCH3 is 1. The fourth-order valence-electron chi connectivity index (χ4n) is 1.47. The molecular formula is C13H21O5PS2. The van der Waals surface area contributed by atoms with E-state index in [4.69, 9.17) is 13.8 Å². The largest absolute Gasteiger partial charge is 0.493 e. The van der Waals surface area contributed by atoms with Crippen molar-refractivity contribution in [3.8, 4) is 11.5 Å². The molecule has 1 rings (SSSR count). The highest BCUT2D eigenvalue weighted by atomic mass is 32.7. The lowest BCUT2D eigenvalue weighted by atomic mass is 10.3. The van der Waals surface area contributed by atoms with Crippen molar-refractivity contribution in [2.45, 2.75) is 25.2 Å². The van der Waals surface area contributed by atoms with Gasteiger partial charge in [-0.15, -0.1) is 0 Å². The van der Waals surface area contributed by atoms with Crippen LogP contribution in [-0.4, -0.2) is 29.9 Å². The van der Waals surface area contributed by atoms with E-state index in [1.54, 1.807) is 31.4 Å². The van der Waals surface area contributed by atoms with Crippen LogP contribution in [-0.2, 0) is 19.9 Å². The molecule has 21 heavy (non-hydrogen) atoms. The Labute approximate surface area is 132 Å². The zero-order valence-electron chi connectivity index (χ0n) is 12.7. The predicted octanol–water partition coefficient (Wildman–Crippen LogP) is 4.10. The van der Waals surface area contributed by atoms with E-state index in [1.807, 2.05) is 6.92 Å². The first-order valence-electron chi connectivity index (χ1n) is 6.56. The first kappa shape index (κ1) is 18.6. The van der Waals surface area contributed by atoms with Gasteiger partial charge in [-0.05, 0) is 36.9 Å². The molecule has 0 saturated carbocycles. The molecule has 1 aromatic carbocycles. The van der Waals surface area contributed by atoms with Crippen molar-refractivity contribution in [2.24, 2.45) is 0 Å². The standard InChI is InChI=1S/C13H21O5PS2/c1-5-9-20-19(14,17-6-2)18-12-8-7-11(21(4)15)10-13(12)16-3/h7-8,10H,5-6,9H2,1-4H3. The molecule has 8 heteroatoms. The van der Waals surface area contributed by atoms with Crippen molar-refractivity contribution in [2.75, 3.05) is 25.7 Å². The van der Waals surface area contributed by atoms with E-state index in [2.05, 4.69) is 0 Å². The Kier molecular flexibility index (Phi) is 7.81. The highest BCUT2D eigenvalue weighted by molar-refractivity contribution is 8.55. The van der Waals surface area contributed by atoms with Crippen molar-refractivity contribution in [1.82, 2.24) is 0 Å². The maximum atomic E-state index is 12.6. The molecule has 0 aliphatic carbocycles. The smallest absolute Gasteiger partial charge is 0.440 e. The summed E-state index contributed by atoms with van der Waals surface area (Å²) in [5.41, 5.74) is 0. The van der Waals surface area contributed by atoms with E-state index in [9.17, 15) is 8.77 Å². The highest BCUT2D eigenvalue weighted by Crippen LogP contribution is 2.61. The Morgan fingerprint density at radius 2 is 2.00 bits per heavy atom. The number of ether oxygens (including phenoxy) is 1. The van der Waals surface area contributed by atoms with Crippen molar-refractivity contribution in [3.05, 3.63) is 18.2 Å². The molecule has 0 fully saturated rings. The fourth-order valence-corrected chi connectivity index (χ4v) is 5.46. The van der Waals surface area contributed by atoms with Gasteiger partial charge in [-0.2, -0.15) is 0 Å². The van der Waals surface area contributed by atoms with Crippen LogP contribution in [0.2, 0.25) is 0 Å². The van der Waals surface area contributed by atoms with Gasteiger partial charge in [-0.1, -0.05) is 6.92 Å². The molecule has 1 aromatic rings. The zero-order chi connectivity index (χ0) is 15.9. The van der Waals surface area contributed by atoms with E-state index >= 15 is 0 Å². The maximum Gasteiger partial charge on any atom is 0.440 e. The second-order valence-electron chi connectivity index (χ2n) is 4.06. The third-order valence-corrected chi connectivity index (χ3v) is 7.27. The van der Waals surface area contributed by atoms with Gasteiger partial charge in [0, 0.05) is 33.8 Å². The van der Waals surface area contributed by atoms with E-state index in [1.165, 1.54) is 18.5 Å². The van der Waals surface area contributed by atoms with Gasteiger partial charge in [0.1, 0.15) is 0 Å². The minimum Gasteiger partial charge on any atom is -0.493 e. The van der Waals surface area contributed by atoms with Crippen LogP contribution in [0.3, 0.4) is 0 Å². The second kappa shape index (κ2) is 8.83. The van der Waals surface area contributed by atoms with Crippen LogP contribution in [0.5, 0.6) is 11.5 Å². The molecule has 120 valence electrons. The third kappa shape index (κ3) is 5.66. The van der Waals surface area contributed by atoms with Crippen LogP contribution in [0.15, 0.2) is 23.1 Å². The summed E-state index contributed by atoms with van der Waals surface area (Å²) < 4.78 is 40.2. The molecule has 0 saturated heterocycles. The molecule has 0 aromatic heterocycles. The number of hydrogen-bond donors (Lipinski definition) is 0. The molecule has 0 spiro atoms. The van der Waals surface area contributed by atoms with E-state index in [-0.39, 0.29) is 0 Å². The number of benzene rings is 1. The Morgan fingerprint density at radius 1 is 1.29 bits per heavy atom. The van der Waals surface area contributed by atoms with E-state index < -0.39 is 17.6 Å². The van der Waals surface area contributed by atoms with Crippen LogP contribution >= 0.6 is 18.2 Å². The van der Waals surface area contributed by atoms with Crippen molar-refractivity contribution in [3.63, 3.8) is 0 Å². The molecular weight excluding hydrogens is 331 g/mol. The van der Waals surface area contributed by atoms with Gasteiger partial charge in [-0.25, -0.2) is 4.57 Å². The Bertz CT molecular complexity index is 535. The summed E-state index contributed by atoms with van der Waals surface area (Å²) in [5, 5.41) is 0. The average Bonchev–Trinajstić information content (AvgIpc) is 2.45. The summed E-state index contributed by atoms with van der Waals surface area (Å²) in [5.74, 6) is 1.39. The van der Waals surface area contributed by atoms with Crippen molar-refractivity contribution >= 4 is 29.0 Å². The third-order valence-electron chi connectivity index (χ3n) is 2.42. The lowest BCUT2D eigenvalue weighted by Gasteiger charge is -2.19. The lowest BCUT2D eigenvalue weighted by molar-refractivity contribution is 0.291. The lowest BCUT2D eigenvalue weighted by Crippen LogP contribution is -1.99. The summed E-state index contributed by atoms with van der Waals surface area (Å²) in [4.78, 5) is 0.617. The van der Waals surface area contributed by atoms with Gasteiger partial charge in [-0.3, -0.25) is 8.73 Å². The molecule has 0 amide bonds. The molecule has 2 unspecified atom stereocenters. The van der Waals surface area contributed by atoms with Gasteiger partial charge in [0.25, 0.3) is 0 Å². The van der Waals surface area contributed by atoms with E-state index in [0.29, 0.717) is 28.8 Å². The molecule has 0 bridgehead atoms. The van der Waals surface area contributed by atoms with Crippen molar-refractivity contribution < 1.29 is 22.6 Å². The summed E-state index contributed by atoms with van der Waals surface area (Å²) in [7, 11) is 0.360. The SMILES string of the molecule is CCCSP(=O)(OCC)Oc1ccc(S(C)=O)cc1OC. The second-order valence-corrected chi connectivity index (χ2v) is 9.55. The van der Waals surface area contributed by atoms with Crippen molar-refractivity contribution in [1.29, 1.82) is 0 Å². The summed E-state index contributed by atoms with van der Waals surface area (Å²) >= 11 is 1.17. The Balaban J connectivity index is 3.03. The average molecular weight is 352 g/mol. The highest BCUT2D eigenvalue weighted by Gasteiger charge is 2.28. The molecule has 0 aliphatic heterocycles. The first-order chi connectivity index (χ1) is 9.95. The van der Waals surface area contributed by atoms with Crippen LogP contribution < -0.4 is 9.26 Å². The Hall–Kier alpha value is -0.490. The normalized spacial score (nSPS) is 15.2. The van der Waals surface area contributed by atoms with Gasteiger partial charge in [0.2, 0.25) is 0 Å². The van der Waals surface area contributed by atoms with Crippen LogP contribution in [0.1, 0.15) is 20.3 Å². The van der Waals surface area contributed by atoms with Gasteiger partial charge < -0.3 is 9.26 Å². The maximum absolute atomic E-state index is 12.6.